The molecule has 2 amide bonds. The van der Waals surface area contributed by atoms with Crippen LogP contribution in [0, 0.1) is 6.92 Å². The van der Waals surface area contributed by atoms with E-state index >= 15 is 0 Å². The number of benzene rings is 1. The zero-order valence-corrected chi connectivity index (χ0v) is 14.3. The fraction of sp³-hybridized carbons (Fsp3) is 0.312. The molecule has 0 atom stereocenters. The molecule has 1 N–H and O–H groups in total. The molecule has 0 aliphatic rings. The molecular weight excluding hydrogens is 316 g/mol. The van der Waals surface area contributed by atoms with Crippen LogP contribution in [0.3, 0.4) is 0 Å². The summed E-state index contributed by atoms with van der Waals surface area (Å²) in [6.07, 6.45) is 0.196. The minimum atomic E-state index is -0.254. The van der Waals surface area contributed by atoms with Crippen molar-refractivity contribution in [2.45, 2.75) is 13.3 Å². The topological polar surface area (TPSA) is 67.2 Å². The van der Waals surface area contributed by atoms with Crippen molar-refractivity contribution in [1.82, 2.24) is 14.7 Å². The van der Waals surface area contributed by atoms with E-state index in [1.807, 2.05) is 0 Å². The maximum Gasteiger partial charge on any atom is 0.276 e. The van der Waals surface area contributed by atoms with Gasteiger partial charge in [-0.25, -0.2) is 0 Å². The van der Waals surface area contributed by atoms with E-state index in [0.717, 1.165) is 11.3 Å². The number of nitrogens with zero attached hydrogens (tertiary/aromatic N) is 3. The van der Waals surface area contributed by atoms with Crippen LogP contribution >= 0.6 is 11.6 Å². The van der Waals surface area contributed by atoms with Gasteiger partial charge in [-0.1, -0.05) is 23.7 Å². The summed E-state index contributed by atoms with van der Waals surface area (Å²) in [5.41, 5.74) is 2.25. The fourth-order valence-corrected chi connectivity index (χ4v) is 2.22. The zero-order chi connectivity index (χ0) is 17.1. The average molecular weight is 335 g/mol. The summed E-state index contributed by atoms with van der Waals surface area (Å²) < 4.78 is 1.58. The molecule has 0 aliphatic heterocycles. The second-order valence-corrected chi connectivity index (χ2v) is 5.92. The van der Waals surface area contributed by atoms with Gasteiger partial charge in [-0.05, 0) is 24.6 Å². The predicted octanol–water partition coefficient (Wildman–Crippen LogP) is 2.26. The third-order valence-electron chi connectivity index (χ3n) is 3.49. The molecule has 2 rings (SSSR count). The van der Waals surface area contributed by atoms with E-state index in [4.69, 9.17) is 11.6 Å². The lowest BCUT2D eigenvalue weighted by Crippen LogP contribution is -2.24. The molecule has 0 saturated carbocycles. The van der Waals surface area contributed by atoms with Crippen LogP contribution in [0.4, 0.5) is 5.69 Å². The normalized spacial score (nSPS) is 10.5. The van der Waals surface area contributed by atoms with Gasteiger partial charge in [-0.15, -0.1) is 0 Å². The van der Waals surface area contributed by atoms with Crippen LogP contribution < -0.4 is 5.32 Å². The van der Waals surface area contributed by atoms with Crippen LogP contribution in [0.15, 0.2) is 24.3 Å². The van der Waals surface area contributed by atoms with Crippen molar-refractivity contribution in [1.29, 1.82) is 0 Å². The Balaban J connectivity index is 2.20. The van der Waals surface area contributed by atoms with Crippen molar-refractivity contribution in [3.63, 3.8) is 0 Å². The molecular formula is C16H19ClN4O2. The Kier molecular flexibility index (Phi) is 5.05. The van der Waals surface area contributed by atoms with E-state index < -0.39 is 0 Å². The monoisotopic (exact) mass is 334 g/mol. The first-order valence-electron chi connectivity index (χ1n) is 7.09. The lowest BCUT2D eigenvalue weighted by atomic mass is 10.1. The standard InChI is InChI=1S/C16H19ClN4O2/c1-10-14(15(19-21(10)4)16(23)20(2)3)18-13(22)9-11-5-7-12(17)8-6-11/h5-8H,9H2,1-4H3,(H,18,22). The van der Waals surface area contributed by atoms with E-state index in [0.29, 0.717) is 10.7 Å². The first-order chi connectivity index (χ1) is 10.8. The second kappa shape index (κ2) is 6.83. The van der Waals surface area contributed by atoms with Crippen LogP contribution in [0.1, 0.15) is 21.7 Å². The van der Waals surface area contributed by atoms with Crippen molar-refractivity contribution >= 4 is 29.1 Å². The first-order valence-corrected chi connectivity index (χ1v) is 7.47. The second-order valence-electron chi connectivity index (χ2n) is 5.48. The Bertz CT molecular complexity index is 735. The number of anilines is 1. The lowest BCUT2D eigenvalue weighted by molar-refractivity contribution is -0.115. The number of aromatic nitrogens is 2. The quantitative estimate of drug-likeness (QED) is 0.932. The predicted molar refractivity (Wildman–Crippen MR) is 89.7 cm³/mol. The van der Waals surface area contributed by atoms with Crippen LogP contribution in [0.2, 0.25) is 5.02 Å². The van der Waals surface area contributed by atoms with E-state index in [1.54, 1.807) is 57.0 Å². The van der Waals surface area contributed by atoms with Crippen molar-refractivity contribution in [3.05, 3.63) is 46.2 Å². The summed E-state index contributed by atoms with van der Waals surface area (Å²) in [4.78, 5) is 25.9. The van der Waals surface area contributed by atoms with Crippen molar-refractivity contribution < 1.29 is 9.59 Å². The van der Waals surface area contributed by atoms with Crippen LogP contribution in [0.25, 0.3) is 0 Å². The van der Waals surface area contributed by atoms with Gasteiger partial charge in [-0.2, -0.15) is 5.10 Å². The number of hydrogen-bond donors (Lipinski definition) is 1. The number of carbonyl (C=O) groups excluding carboxylic acids is 2. The number of nitrogens with one attached hydrogen (secondary N) is 1. The van der Waals surface area contributed by atoms with E-state index in [1.165, 1.54) is 4.90 Å². The van der Waals surface area contributed by atoms with Crippen molar-refractivity contribution in [2.24, 2.45) is 7.05 Å². The first kappa shape index (κ1) is 17.0. The molecule has 2 aromatic rings. The Morgan fingerprint density at radius 2 is 1.87 bits per heavy atom. The maximum atomic E-state index is 12.3. The Morgan fingerprint density at radius 1 is 1.26 bits per heavy atom. The molecule has 0 aliphatic carbocycles. The smallest absolute Gasteiger partial charge is 0.276 e. The highest BCUT2D eigenvalue weighted by atomic mass is 35.5. The summed E-state index contributed by atoms with van der Waals surface area (Å²) in [5, 5.41) is 7.61. The van der Waals surface area contributed by atoms with Crippen LogP contribution in [0.5, 0.6) is 0 Å². The molecule has 6 nitrogen and oxygen atoms in total. The molecule has 122 valence electrons. The van der Waals surface area contributed by atoms with Crippen molar-refractivity contribution in [3.8, 4) is 0 Å². The number of carbonyl (C=O) groups is 2. The molecule has 0 radical (unpaired) electrons. The molecule has 0 bridgehead atoms. The number of hydrogen-bond acceptors (Lipinski definition) is 3. The fourth-order valence-electron chi connectivity index (χ4n) is 2.09. The van der Waals surface area contributed by atoms with Gasteiger partial charge < -0.3 is 10.2 Å². The molecule has 1 aromatic heterocycles. The number of amides is 2. The zero-order valence-electron chi connectivity index (χ0n) is 13.6. The van der Waals surface area contributed by atoms with Gasteiger partial charge in [0, 0.05) is 26.2 Å². The summed E-state index contributed by atoms with van der Waals surface area (Å²) >= 11 is 5.83. The largest absolute Gasteiger partial charge is 0.343 e. The number of halogens is 1. The Morgan fingerprint density at radius 3 is 2.43 bits per heavy atom. The Hall–Kier alpha value is -2.34. The molecule has 23 heavy (non-hydrogen) atoms. The lowest BCUT2D eigenvalue weighted by Gasteiger charge is -2.11. The van der Waals surface area contributed by atoms with Gasteiger partial charge >= 0.3 is 0 Å². The van der Waals surface area contributed by atoms with Gasteiger partial charge in [0.1, 0.15) is 0 Å². The average Bonchev–Trinajstić information content (AvgIpc) is 2.77. The van der Waals surface area contributed by atoms with E-state index in [9.17, 15) is 9.59 Å². The van der Waals surface area contributed by atoms with E-state index in [2.05, 4.69) is 10.4 Å². The molecule has 0 unspecified atom stereocenters. The highest BCUT2D eigenvalue weighted by Crippen LogP contribution is 2.21. The summed E-state index contributed by atoms with van der Waals surface area (Å²) in [7, 11) is 5.02. The maximum absolute atomic E-state index is 12.3. The number of rotatable bonds is 4. The molecule has 1 aromatic carbocycles. The highest BCUT2D eigenvalue weighted by molar-refractivity contribution is 6.30. The minimum Gasteiger partial charge on any atom is -0.343 e. The van der Waals surface area contributed by atoms with Gasteiger partial charge in [0.2, 0.25) is 5.91 Å². The summed E-state index contributed by atoms with van der Waals surface area (Å²) in [6.45, 7) is 1.80. The molecule has 1 heterocycles. The number of aryl methyl sites for hydroxylation is 1. The summed E-state index contributed by atoms with van der Waals surface area (Å²) in [6, 6.07) is 7.06. The van der Waals surface area contributed by atoms with Gasteiger partial charge in [0.25, 0.3) is 5.91 Å². The molecule has 0 saturated heterocycles. The summed E-state index contributed by atoms with van der Waals surface area (Å²) in [5.74, 6) is -0.466. The van der Waals surface area contributed by atoms with Gasteiger partial charge in [0.05, 0.1) is 17.8 Å². The minimum absolute atomic E-state index is 0.196. The SMILES string of the molecule is Cc1c(NC(=O)Cc2ccc(Cl)cc2)c(C(=O)N(C)C)nn1C. The molecule has 7 heteroatoms. The Labute approximate surface area is 140 Å². The highest BCUT2D eigenvalue weighted by Gasteiger charge is 2.22. The molecule has 0 fully saturated rings. The van der Waals surface area contributed by atoms with E-state index in [-0.39, 0.29) is 23.9 Å². The third-order valence-corrected chi connectivity index (χ3v) is 3.74. The van der Waals surface area contributed by atoms with Gasteiger partial charge in [0.15, 0.2) is 5.69 Å². The van der Waals surface area contributed by atoms with Gasteiger partial charge in [-0.3, -0.25) is 14.3 Å². The van der Waals surface area contributed by atoms with Crippen molar-refractivity contribution in [2.75, 3.05) is 19.4 Å². The van der Waals surface area contributed by atoms with Crippen LogP contribution in [-0.4, -0.2) is 40.6 Å². The molecule has 0 spiro atoms. The third kappa shape index (κ3) is 3.90. The van der Waals surface area contributed by atoms with Crippen LogP contribution in [-0.2, 0) is 18.3 Å².